The van der Waals surface area contributed by atoms with Crippen LogP contribution in [0.2, 0.25) is 5.02 Å². The van der Waals surface area contributed by atoms with Crippen LogP contribution in [0.3, 0.4) is 0 Å². The molecule has 0 saturated heterocycles. The Morgan fingerprint density at radius 3 is 2.67 bits per heavy atom. The molecule has 122 valence electrons. The van der Waals surface area contributed by atoms with Gasteiger partial charge in [0.1, 0.15) is 18.2 Å². The smallest absolute Gasteiger partial charge is 0.217 e. The summed E-state index contributed by atoms with van der Waals surface area (Å²) >= 11 is 5.98. The molecule has 6 heteroatoms. The number of halogens is 3. The van der Waals surface area contributed by atoms with Crippen LogP contribution < -0.4 is 4.74 Å². The molecule has 24 heavy (non-hydrogen) atoms. The van der Waals surface area contributed by atoms with Crippen LogP contribution in [0.5, 0.6) is 5.88 Å². The van der Waals surface area contributed by atoms with E-state index >= 15 is 0 Å². The quantitative estimate of drug-likeness (QED) is 0.669. The van der Waals surface area contributed by atoms with Crippen LogP contribution in [0.1, 0.15) is 11.3 Å². The van der Waals surface area contributed by atoms with Gasteiger partial charge in [-0.25, -0.2) is 13.8 Å². The Bertz CT molecular complexity index is 887. The second-order valence-corrected chi connectivity index (χ2v) is 5.64. The zero-order valence-electron chi connectivity index (χ0n) is 12.8. The highest BCUT2D eigenvalue weighted by molar-refractivity contribution is 6.30. The van der Waals surface area contributed by atoms with Crippen LogP contribution in [-0.2, 0) is 6.61 Å². The second-order valence-electron chi connectivity index (χ2n) is 5.21. The third-order valence-electron chi connectivity index (χ3n) is 3.30. The van der Waals surface area contributed by atoms with Gasteiger partial charge >= 0.3 is 0 Å². The van der Waals surface area contributed by atoms with E-state index in [0.29, 0.717) is 16.5 Å². The lowest BCUT2D eigenvalue weighted by Crippen LogP contribution is -2.02. The first-order valence-electron chi connectivity index (χ1n) is 7.19. The molecule has 2 aromatic carbocycles. The highest BCUT2D eigenvalue weighted by atomic mass is 35.5. The number of aryl methyl sites for hydroxylation is 1. The molecule has 0 fully saturated rings. The largest absolute Gasteiger partial charge is 0.473 e. The number of aromatic nitrogens is 2. The van der Waals surface area contributed by atoms with Gasteiger partial charge in [0.15, 0.2) is 5.82 Å². The first kappa shape index (κ1) is 16.3. The molecule has 3 rings (SSSR count). The summed E-state index contributed by atoms with van der Waals surface area (Å²) in [5.41, 5.74) is 1.55. The van der Waals surface area contributed by atoms with Gasteiger partial charge in [-0.3, -0.25) is 0 Å². The van der Waals surface area contributed by atoms with Gasteiger partial charge in [-0.1, -0.05) is 23.7 Å². The van der Waals surface area contributed by atoms with Crippen LogP contribution in [0.4, 0.5) is 8.78 Å². The van der Waals surface area contributed by atoms with E-state index in [1.807, 2.05) is 6.07 Å². The molecule has 3 nitrogen and oxygen atoms in total. The molecule has 0 spiro atoms. The van der Waals surface area contributed by atoms with Crippen molar-refractivity contribution in [2.45, 2.75) is 13.5 Å². The highest BCUT2D eigenvalue weighted by Gasteiger charge is 2.09. The lowest BCUT2D eigenvalue weighted by Gasteiger charge is -2.09. The Labute approximate surface area is 142 Å². The molecule has 1 aromatic heterocycles. The lowest BCUT2D eigenvalue weighted by atomic mass is 10.2. The zero-order valence-corrected chi connectivity index (χ0v) is 13.5. The third kappa shape index (κ3) is 3.86. The van der Waals surface area contributed by atoms with Crippen LogP contribution in [0, 0.1) is 18.6 Å². The topological polar surface area (TPSA) is 35.0 Å². The number of nitrogens with zero attached hydrogens (tertiary/aromatic N) is 2. The maximum atomic E-state index is 13.6. The summed E-state index contributed by atoms with van der Waals surface area (Å²) in [5, 5.41) is 0.571. The van der Waals surface area contributed by atoms with Crippen molar-refractivity contribution in [3.05, 3.63) is 76.4 Å². The first-order valence-corrected chi connectivity index (χ1v) is 7.57. The molecular formula is C18H13ClF2N2O. The Morgan fingerprint density at radius 1 is 1.04 bits per heavy atom. The molecule has 0 amide bonds. The number of ether oxygens (including phenoxy) is 1. The Balaban J connectivity index is 1.85. The summed E-state index contributed by atoms with van der Waals surface area (Å²) in [6, 6.07) is 12.0. The van der Waals surface area contributed by atoms with Gasteiger partial charge in [-0.2, -0.15) is 4.98 Å². The van der Waals surface area contributed by atoms with E-state index in [1.54, 1.807) is 31.2 Å². The van der Waals surface area contributed by atoms with Crippen LogP contribution >= 0.6 is 11.6 Å². The zero-order chi connectivity index (χ0) is 17.1. The van der Waals surface area contributed by atoms with E-state index in [2.05, 4.69) is 9.97 Å². The van der Waals surface area contributed by atoms with Gasteiger partial charge in [-0.05, 0) is 37.3 Å². The summed E-state index contributed by atoms with van der Waals surface area (Å²) in [5.74, 6) is -0.320. The SMILES string of the molecule is Cc1cc(OCc2cc(F)ccc2F)nc(-c2cccc(Cl)c2)n1. The van der Waals surface area contributed by atoms with Crippen molar-refractivity contribution in [1.29, 1.82) is 0 Å². The monoisotopic (exact) mass is 346 g/mol. The molecule has 0 unspecified atom stereocenters. The fourth-order valence-electron chi connectivity index (χ4n) is 2.18. The van der Waals surface area contributed by atoms with Crippen molar-refractivity contribution in [2.24, 2.45) is 0 Å². The number of benzene rings is 2. The van der Waals surface area contributed by atoms with E-state index in [9.17, 15) is 8.78 Å². The maximum absolute atomic E-state index is 13.6. The van der Waals surface area contributed by atoms with Gasteiger partial charge < -0.3 is 4.74 Å². The van der Waals surface area contributed by atoms with Gasteiger partial charge in [0.05, 0.1) is 0 Å². The predicted octanol–water partition coefficient (Wildman–Crippen LogP) is 4.96. The summed E-state index contributed by atoms with van der Waals surface area (Å²) in [6.45, 7) is 1.67. The van der Waals surface area contributed by atoms with Crippen molar-refractivity contribution in [3.63, 3.8) is 0 Å². The Hall–Kier alpha value is -2.53. The standard InChI is InChI=1S/C18H13ClF2N2O/c1-11-7-17(24-10-13-9-15(20)5-6-16(13)21)23-18(22-11)12-3-2-4-14(19)8-12/h2-9H,10H2,1H3. The van der Waals surface area contributed by atoms with Crippen molar-refractivity contribution >= 4 is 11.6 Å². The fourth-order valence-corrected chi connectivity index (χ4v) is 2.37. The normalized spacial score (nSPS) is 10.7. The van der Waals surface area contributed by atoms with Crippen LogP contribution in [0.15, 0.2) is 48.5 Å². The summed E-state index contributed by atoms with van der Waals surface area (Å²) in [4.78, 5) is 8.65. The van der Waals surface area contributed by atoms with Crippen molar-refractivity contribution in [3.8, 4) is 17.3 Å². The molecule has 0 aliphatic rings. The molecule has 0 aliphatic carbocycles. The number of hydrogen-bond acceptors (Lipinski definition) is 3. The Morgan fingerprint density at radius 2 is 1.88 bits per heavy atom. The van der Waals surface area contributed by atoms with Gasteiger partial charge in [0, 0.05) is 27.9 Å². The summed E-state index contributed by atoms with van der Waals surface area (Å²) in [6.07, 6.45) is 0. The van der Waals surface area contributed by atoms with Crippen molar-refractivity contribution in [1.82, 2.24) is 9.97 Å². The van der Waals surface area contributed by atoms with E-state index in [4.69, 9.17) is 16.3 Å². The number of rotatable bonds is 4. The number of hydrogen-bond donors (Lipinski definition) is 0. The maximum Gasteiger partial charge on any atom is 0.217 e. The third-order valence-corrected chi connectivity index (χ3v) is 3.53. The first-order chi connectivity index (χ1) is 11.5. The van der Waals surface area contributed by atoms with Crippen LogP contribution in [0.25, 0.3) is 11.4 Å². The van der Waals surface area contributed by atoms with E-state index in [-0.39, 0.29) is 18.1 Å². The lowest BCUT2D eigenvalue weighted by molar-refractivity contribution is 0.287. The minimum absolute atomic E-state index is 0.121. The summed E-state index contributed by atoms with van der Waals surface area (Å²) in [7, 11) is 0. The molecule has 0 N–H and O–H groups in total. The average molecular weight is 347 g/mol. The van der Waals surface area contributed by atoms with E-state index in [1.165, 1.54) is 0 Å². The molecule has 0 radical (unpaired) electrons. The van der Waals surface area contributed by atoms with Crippen molar-refractivity contribution < 1.29 is 13.5 Å². The molecule has 3 aromatic rings. The second kappa shape index (κ2) is 6.93. The predicted molar refractivity (Wildman–Crippen MR) is 87.9 cm³/mol. The molecule has 0 atom stereocenters. The van der Waals surface area contributed by atoms with E-state index < -0.39 is 11.6 Å². The van der Waals surface area contributed by atoms with Gasteiger partial charge in [-0.15, -0.1) is 0 Å². The molecule has 0 saturated carbocycles. The van der Waals surface area contributed by atoms with Gasteiger partial charge in [0.25, 0.3) is 0 Å². The minimum Gasteiger partial charge on any atom is -0.473 e. The average Bonchev–Trinajstić information content (AvgIpc) is 2.55. The minimum atomic E-state index is -0.530. The molecule has 0 bridgehead atoms. The Kier molecular flexibility index (Phi) is 4.71. The van der Waals surface area contributed by atoms with Crippen LogP contribution in [-0.4, -0.2) is 9.97 Å². The van der Waals surface area contributed by atoms with Gasteiger partial charge in [0.2, 0.25) is 5.88 Å². The molecular weight excluding hydrogens is 334 g/mol. The molecule has 1 heterocycles. The molecule has 0 aliphatic heterocycles. The summed E-state index contributed by atoms with van der Waals surface area (Å²) < 4.78 is 32.4. The highest BCUT2D eigenvalue weighted by Crippen LogP contribution is 2.22. The van der Waals surface area contributed by atoms with E-state index in [0.717, 1.165) is 23.8 Å². The van der Waals surface area contributed by atoms with Crippen molar-refractivity contribution in [2.75, 3.05) is 0 Å². The fraction of sp³-hybridized carbons (Fsp3) is 0.111.